The maximum absolute atomic E-state index is 12.7. The van der Waals surface area contributed by atoms with Gasteiger partial charge in [0, 0.05) is 17.0 Å². The molecule has 0 bridgehead atoms. The summed E-state index contributed by atoms with van der Waals surface area (Å²) in [6.45, 7) is 1.55. The first-order valence-corrected chi connectivity index (χ1v) is 9.72. The molecule has 0 radical (unpaired) electrons. The molecular formula is C16H13F3N2O4S2. The molecule has 0 saturated heterocycles. The second kappa shape index (κ2) is 6.89. The van der Waals surface area contributed by atoms with Gasteiger partial charge in [-0.05, 0) is 25.1 Å². The number of nitrogens with one attached hydrogen (secondary N) is 1. The van der Waals surface area contributed by atoms with Gasteiger partial charge in [0.2, 0.25) is 5.76 Å². The number of anilines is 1. The average Bonchev–Trinajstić information content (AvgIpc) is 3.21. The highest BCUT2D eigenvalue weighted by atomic mass is 32.2. The summed E-state index contributed by atoms with van der Waals surface area (Å²) in [6.07, 6.45) is -4.67. The van der Waals surface area contributed by atoms with Crippen LogP contribution in [0.1, 0.15) is 10.6 Å². The summed E-state index contributed by atoms with van der Waals surface area (Å²) in [5.74, 6) is -0.775. The molecule has 0 aliphatic rings. The van der Waals surface area contributed by atoms with Crippen molar-refractivity contribution in [3.05, 3.63) is 47.0 Å². The molecule has 0 spiro atoms. The molecule has 0 fully saturated rings. The molecule has 27 heavy (non-hydrogen) atoms. The van der Waals surface area contributed by atoms with E-state index in [-0.39, 0.29) is 15.5 Å². The molecule has 0 saturated carbocycles. The SMILES string of the molecule is COc1cccc(NS(=O)(=O)c2cc(-c3cc(C(F)(F)F)on3)sc2C)c1. The Labute approximate surface area is 156 Å². The molecule has 0 amide bonds. The number of hydrogen-bond donors (Lipinski definition) is 1. The number of alkyl halides is 3. The first kappa shape index (κ1) is 19.2. The van der Waals surface area contributed by atoms with Crippen LogP contribution in [-0.2, 0) is 16.2 Å². The second-order valence-corrected chi connectivity index (χ2v) is 8.35. The smallest absolute Gasteiger partial charge is 0.452 e. The Hall–Kier alpha value is -2.53. The van der Waals surface area contributed by atoms with E-state index in [2.05, 4.69) is 14.4 Å². The lowest BCUT2D eigenvalue weighted by Crippen LogP contribution is -2.13. The van der Waals surface area contributed by atoms with E-state index in [4.69, 9.17) is 4.74 Å². The predicted molar refractivity (Wildman–Crippen MR) is 93.4 cm³/mol. The van der Waals surface area contributed by atoms with Gasteiger partial charge in [-0.3, -0.25) is 4.72 Å². The van der Waals surface area contributed by atoms with Gasteiger partial charge in [0.25, 0.3) is 10.0 Å². The van der Waals surface area contributed by atoms with Gasteiger partial charge in [-0.2, -0.15) is 13.2 Å². The normalized spacial score (nSPS) is 12.2. The molecule has 11 heteroatoms. The van der Waals surface area contributed by atoms with Crippen molar-refractivity contribution in [2.45, 2.75) is 18.0 Å². The molecule has 2 aromatic heterocycles. The van der Waals surface area contributed by atoms with Crippen LogP contribution in [0, 0.1) is 6.92 Å². The van der Waals surface area contributed by atoms with E-state index >= 15 is 0 Å². The van der Waals surface area contributed by atoms with Crippen LogP contribution in [0.25, 0.3) is 10.6 Å². The van der Waals surface area contributed by atoms with Crippen molar-refractivity contribution < 1.29 is 30.8 Å². The second-order valence-electron chi connectivity index (χ2n) is 5.44. The Bertz CT molecular complexity index is 1070. The van der Waals surface area contributed by atoms with Crippen LogP contribution < -0.4 is 9.46 Å². The molecule has 0 atom stereocenters. The number of thiophene rings is 1. The lowest BCUT2D eigenvalue weighted by atomic mass is 10.3. The maximum Gasteiger partial charge on any atom is 0.452 e. The van der Waals surface area contributed by atoms with E-state index in [9.17, 15) is 21.6 Å². The third-order valence-corrected chi connectivity index (χ3v) is 6.24. The number of hydrogen-bond acceptors (Lipinski definition) is 6. The highest BCUT2D eigenvalue weighted by Crippen LogP contribution is 2.37. The highest BCUT2D eigenvalue weighted by molar-refractivity contribution is 7.93. The quantitative estimate of drug-likeness (QED) is 0.658. The van der Waals surface area contributed by atoms with Crippen LogP contribution in [-0.4, -0.2) is 20.7 Å². The number of rotatable bonds is 5. The van der Waals surface area contributed by atoms with E-state index in [1.165, 1.54) is 19.2 Å². The van der Waals surface area contributed by atoms with Gasteiger partial charge in [-0.25, -0.2) is 8.42 Å². The fraction of sp³-hybridized carbons (Fsp3) is 0.188. The molecule has 1 N–H and O–H groups in total. The first-order chi connectivity index (χ1) is 12.6. The van der Waals surface area contributed by atoms with Crippen molar-refractivity contribution in [2.75, 3.05) is 11.8 Å². The molecule has 6 nitrogen and oxygen atoms in total. The molecule has 3 rings (SSSR count). The van der Waals surface area contributed by atoms with E-state index in [0.717, 1.165) is 17.4 Å². The third kappa shape index (κ3) is 4.08. The zero-order chi connectivity index (χ0) is 19.8. The standard InChI is InChI=1S/C16H13F3N2O4S2/c1-9-14(27(22,23)21-10-4-3-5-11(6-10)24-2)8-13(26-9)12-7-15(25-20-12)16(17,18)19/h3-8,21H,1-2H3. The summed E-state index contributed by atoms with van der Waals surface area (Å²) in [6, 6.07) is 8.34. The van der Waals surface area contributed by atoms with Crippen molar-refractivity contribution in [2.24, 2.45) is 0 Å². The van der Waals surface area contributed by atoms with Gasteiger partial charge in [-0.15, -0.1) is 11.3 Å². The Kier molecular flexibility index (Phi) is 4.91. The van der Waals surface area contributed by atoms with Crippen molar-refractivity contribution in [3.8, 4) is 16.3 Å². The number of benzene rings is 1. The van der Waals surface area contributed by atoms with E-state index < -0.39 is 22.0 Å². The number of halogens is 3. The largest absolute Gasteiger partial charge is 0.497 e. The third-order valence-electron chi connectivity index (χ3n) is 3.53. The van der Waals surface area contributed by atoms with Crippen molar-refractivity contribution in [1.82, 2.24) is 5.16 Å². The van der Waals surface area contributed by atoms with Crippen molar-refractivity contribution in [3.63, 3.8) is 0 Å². The predicted octanol–water partition coefficient (Wildman–Crippen LogP) is 4.54. The summed E-state index contributed by atoms with van der Waals surface area (Å²) < 4.78 is 75.0. The van der Waals surface area contributed by atoms with Crippen LogP contribution in [0.4, 0.5) is 18.9 Å². The zero-order valence-corrected chi connectivity index (χ0v) is 15.6. The molecule has 0 aliphatic heterocycles. The molecule has 0 unspecified atom stereocenters. The van der Waals surface area contributed by atoms with Gasteiger partial charge in [0.15, 0.2) is 0 Å². The molecule has 144 valence electrons. The summed E-state index contributed by atoms with van der Waals surface area (Å²) in [4.78, 5) is 0.594. The van der Waals surface area contributed by atoms with E-state index in [0.29, 0.717) is 16.3 Å². The van der Waals surface area contributed by atoms with Gasteiger partial charge in [-0.1, -0.05) is 11.2 Å². The minimum atomic E-state index is -4.67. The fourth-order valence-corrected chi connectivity index (χ4v) is 4.87. The van der Waals surface area contributed by atoms with Crippen LogP contribution in [0.3, 0.4) is 0 Å². The Morgan fingerprint density at radius 2 is 1.96 bits per heavy atom. The van der Waals surface area contributed by atoms with Gasteiger partial charge >= 0.3 is 6.18 Å². The number of aromatic nitrogens is 1. The van der Waals surface area contributed by atoms with Crippen LogP contribution >= 0.6 is 11.3 Å². The maximum atomic E-state index is 12.7. The summed E-state index contributed by atoms with van der Waals surface area (Å²) in [7, 11) is -2.50. The topological polar surface area (TPSA) is 81.4 Å². The Morgan fingerprint density at radius 3 is 2.59 bits per heavy atom. The number of nitrogens with zero attached hydrogens (tertiary/aromatic N) is 1. The number of ether oxygens (including phenoxy) is 1. The minimum Gasteiger partial charge on any atom is -0.497 e. The van der Waals surface area contributed by atoms with Crippen molar-refractivity contribution in [1.29, 1.82) is 0 Å². The number of methoxy groups -OCH3 is 1. The Balaban J connectivity index is 1.92. The van der Waals surface area contributed by atoms with E-state index in [1.807, 2.05) is 0 Å². The van der Waals surface area contributed by atoms with Crippen LogP contribution in [0.2, 0.25) is 0 Å². The first-order valence-electron chi connectivity index (χ1n) is 7.42. The summed E-state index contributed by atoms with van der Waals surface area (Å²) >= 11 is 1.00. The lowest BCUT2D eigenvalue weighted by molar-refractivity contribution is -0.155. The molecular weight excluding hydrogens is 405 g/mol. The summed E-state index contributed by atoms with van der Waals surface area (Å²) in [5.41, 5.74) is 0.209. The van der Waals surface area contributed by atoms with Gasteiger partial charge in [0.05, 0.1) is 17.7 Å². The molecule has 2 heterocycles. The van der Waals surface area contributed by atoms with Crippen LogP contribution in [0.15, 0.2) is 45.8 Å². The number of sulfonamides is 1. The lowest BCUT2D eigenvalue weighted by Gasteiger charge is -2.08. The molecule has 1 aromatic carbocycles. The highest BCUT2D eigenvalue weighted by Gasteiger charge is 2.36. The average molecular weight is 418 g/mol. The Morgan fingerprint density at radius 1 is 1.22 bits per heavy atom. The van der Waals surface area contributed by atoms with Crippen LogP contribution in [0.5, 0.6) is 5.75 Å². The van der Waals surface area contributed by atoms with Gasteiger partial charge < -0.3 is 9.26 Å². The molecule has 3 aromatic rings. The summed E-state index contributed by atoms with van der Waals surface area (Å²) in [5, 5.41) is 3.38. The zero-order valence-electron chi connectivity index (χ0n) is 14.0. The monoisotopic (exact) mass is 418 g/mol. The minimum absolute atomic E-state index is 0.0538. The van der Waals surface area contributed by atoms with Crippen molar-refractivity contribution >= 4 is 27.0 Å². The molecule has 0 aliphatic carbocycles. The van der Waals surface area contributed by atoms with E-state index in [1.54, 1.807) is 25.1 Å². The number of aryl methyl sites for hydroxylation is 1. The van der Waals surface area contributed by atoms with Gasteiger partial charge in [0.1, 0.15) is 16.3 Å². The fourth-order valence-electron chi connectivity index (χ4n) is 2.28.